The highest BCUT2D eigenvalue weighted by Crippen LogP contribution is 2.20. The summed E-state index contributed by atoms with van der Waals surface area (Å²) in [5.74, 6) is -1.11. The zero-order chi connectivity index (χ0) is 14.5. The standard InChI is InChI=1S/C15H12BrF2NO/c16-14-12(2-1-3-13(14)18)15(20)19-9-8-10-4-6-11(17)7-5-10/h1-7H,8-9H2,(H,19,20). The summed E-state index contributed by atoms with van der Waals surface area (Å²) in [5, 5.41) is 2.70. The van der Waals surface area contributed by atoms with Crippen LogP contribution < -0.4 is 5.32 Å². The molecule has 0 atom stereocenters. The highest BCUT2D eigenvalue weighted by atomic mass is 79.9. The van der Waals surface area contributed by atoms with E-state index >= 15 is 0 Å². The average Bonchev–Trinajstić information content (AvgIpc) is 2.44. The molecule has 0 saturated carbocycles. The molecule has 0 radical (unpaired) electrons. The number of nitrogens with one attached hydrogen (secondary N) is 1. The van der Waals surface area contributed by atoms with Crippen LogP contribution in [0.5, 0.6) is 0 Å². The summed E-state index contributed by atoms with van der Waals surface area (Å²) in [5.41, 5.74) is 1.18. The van der Waals surface area contributed by atoms with E-state index in [1.165, 1.54) is 24.3 Å². The maximum absolute atomic E-state index is 13.3. The Labute approximate surface area is 123 Å². The molecule has 20 heavy (non-hydrogen) atoms. The molecule has 0 saturated heterocycles. The van der Waals surface area contributed by atoms with E-state index in [0.717, 1.165) is 5.56 Å². The third-order valence-electron chi connectivity index (χ3n) is 2.81. The van der Waals surface area contributed by atoms with Gasteiger partial charge in [-0.05, 0) is 52.2 Å². The summed E-state index contributed by atoms with van der Waals surface area (Å²) in [4.78, 5) is 11.9. The van der Waals surface area contributed by atoms with Crippen LogP contribution in [0.25, 0.3) is 0 Å². The first-order valence-corrected chi connectivity index (χ1v) is 6.84. The topological polar surface area (TPSA) is 29.1 Å². The Balaban J connectivity index is 1.92. The van der Waals surface area contributed by atoms with Gasteiger partial charge in [0.1, 0.15) is 11.6 Å². The molecule has 1 amide bonds. The van der Waals surface area contributed by atoms with E-state index < -0.39 is 5.82 Å². The Morgan fingerprint density at radius 1 is 1.10 bits per heavy atom. The molecule has 0 aliphatic carbocycles. The molecule has 0 fully saturated rings. The summed E-state index contributed by atoms with van der Waals surface area (Å²) in [6, 6.07) is 10.4. The van der Waals surface area contributed by atoms with Crippen molar-refractivity contribution in [2.45, 2.75) is 6.42 Å². The Hall–Kier alpha value is -1.75. The Kier molecular flexibility index (Phi) is 4.84. The van der Waals surface area contributed by atoms with Gasteiger partial charge in [-0.1, -0.05) is 18.2 Å². The molecule has 0 spiro atoms. The molecular formula is C15H12BrF2NO. The molecule has 2 nitrogen and oxygen atoms in total. The van der Waals surface area contributed by atoms with E-state index in [2.05, 4.69) is 21.2 Å². The summed E-state index contributed by atoms with van der Waals surface area (Å²) >= 11 is 3.05. The van der Waals surface area contributed by atoms with Crippen molar-refractivity contribution in [3.05, 3.63) is 69.7 Å². The fraction of sp³-hybridized carbons (Fsp3) is 0.133. The van der Waals surface area contributed by atoms with Gasteiger partial charge in [-0.2, -0.15) is 0 Å². The van der Waals surface area contributed by atoms with Crippen molar-refractivity contribution < 1.29 is 13.6 Å². The minimum atomic E-state index is -0.476. The first-order valence-electron chi connectivity index (χ1n) is 6.04. The minimum Gasteiger partial charge on any atom is -0.352 e. The Morgan fingerprint density at radius 3 is 2.50 bits per heavy atom. The summed E-state index contributed by atoms with van der Waals surface area (Å²) in [6.07, 6.45) is 0.582. The van der Waals surface area contributed by atoms with Gasteiger partial charge >= 0.3 is 0 Å². The normalized spacial score (nSPS) is 10.3. The van der Waals surface area contributed by atoms with Crippen LogP contribution in [0.2, 0.25) is 0 Å². The zero-order valence-electron chi connectivity index (χ0n) is 10.5. The number of benzene rings is 2. The zero-order valence-corrected chi connectivity index (χ0v) is 12.1. The van der Waals surface area contributed by atoms with E-state index in [1.54, 1.807) is 18.2 Å². The van der Waals surface area contributed by atoms with Crippen LogP contribution in [0.3, 0.4) is 0 Å². The average molecular weight is 340 g/mol. The van der Waals surface area contributed by atoms with Crippen LogP contribution in [0.1, 0.15) is 15.9 Å². The highest BCUT2D eigenvalue weighted by molar-refractivity contribution is 9.10. The minimum absolute atomic E-state index is 0.152. The monoisotopic (exact) mass is 339 g/mol. The lowest BCUT2D eigenvalue weighted by atomic mass is 10.1. The SMILES string of the molecule is O=C(NCCc1ccc(F)cc1)c1cccc(F)c1Br. The van der Waals surface area contributed by atoms with Crippen molar-refractivity contribution >= 4 is 21.8 Å². The maximum atomic E-state index is 13.3. The Bertz CT molecular complexity index is 614. The lowest BCUT2D eigenvalue weighted by Gasteiger charge is -2.07. The van der Waals surface area contributed by atoms with Crippen LogP contribution >= 0.6 is 15.9 Å². The lowest BCUT2D eigenvalue weighted by Crippen LogP contribution is -2.26. The number of rotatable bonds is 4. The molecule has 5 heteroatoms. The second-order valence-electron chi connectivity index (χ2n) is 4.23. The number of carbonyl (C=O) groups excluding carboxylic acids is 1. The number of carbonyl (C=O) groups is 1. The van der Waals surface area contributed by atoms with Crippen molar-refractivity contribution in [2.75, 3.05) is 6.54 Å². The van der Waals surface area contributed by atoms with E-state index in [4.69, 9.17) is 0 Å². The summed E-state index contributed by atoms with van der Waals surface area (Å²) in [6.45, 7) is 0.396. The number of amides is 1. The molecule has 2 rings (SSSR count). The lowest BCUT2D eigenvalue weighted by molar-refractivity contribution is 0.0953. The molecule has 2 aromatic carbocycles. The van der Waals surface area contributed by atoms with E-state index in [1.807, 2.05) is 0 Å². The van der Waals surface area contributed by atoms with Crippen LogP contribution in [0.4, 0.5) is 8.78 Å². The number of halogens is 3. The molecule has 0 unspecified atom stereocenters. The molecule has 0 aliphatic rings. The van der Waals surface area contributed by atoms with E-state index in [9.17, 15) is 13.6 Å². The van der Waals surface area contributed by atoms with E-state index in [0.29, 0.717) is 13.0 Å². The van der Waals surface area contributed by atoms with Crippen LogP contribution in [-0.2, 0) is 6.42 Å². The second-order valence-corrected chi connectivity index (χ2v) is 5.03. The van der Waals surface area contributed by atoms with Gasteiger partial charge in [0.2, 0.25) is 0 Å². The van der Waals surface area contributed by atoms with Gasteiger partial charge in [-0.25, -0.2) is 8.78 Å². The van der Waals surface area contributed by atoms with Crippen LogP contribution in [0.15, 0.2) is 46.9 Å². The first kappa shape index (κ1) is 14.7. The van der Waals surface area contributed by atoms with Gasteiger partial charge in [-0.15, -0.1) is 0 Å². The molecular weight excluding hydrogens is 328 g/mol. The van der Waals surface area contributed by atoms with Crippen molar-refractivity contribution in [3.63, 3.8) is 0 Å². The van der Waals surface area contributed by atoms with Crippen molar-refractivity contribution in [2.24, 2.45) is 0 Å². The fourth-order valence-electron chi connectivity index (χ4n) is 1.75. The number of hydrogen-bond acceptors (Lipinski definition) is 1. The third-order valence-corrected chi connectivity index (χ3v) is 3.61. The summed E-state index contributed by atoms with van der Waals surface area (Å²) in [7, 11) is 0. The van der Waals surface area contributed by atoms with Gasteiger partial charge < -0.3 is 5.32 Å². The maximum Gasteiger partial charge on any atom is 0.252 e. The second kappa shape index (κ2) is 6.61. The van der Waals surface area contributed by atoms with Crippen molar-refractivity contribution in [1.29, 1.82) is 0 Å². The van der Waals surface area contributed by atoms with Gasteiger partial charge in [0.05, 0.1) is 10.0 Å². The molecule has 0 bridgehead atoms. The van der Waals surface area contributed by atoms with Gasteiger partial charge in [0.25, 0.3) is 5.91 Å². The van der Waals surface area contributed by atoms with Crippen molar-refractivity contribution in [3.8, 4) is 0 Å². The highest BCUT2D eigenvalue weighted by Gasteiger charge is 2.12. The van der Waals surface area contributed by atoms with Crippen molar-refractivity contribution in [1.82, 2.24) is 5.32 Å². The molecule has 104 valence electrons. The molecule has 0 aromatic heterocycles. The first-order chi connectivity index (χ1) is 9.58. The fourth-order valence-corrected chi connectivity index (χ4v) is 2.19. The summed E-state index contributed by atoms with van der Waals surface area (Å²) < 4.78 is 26.2. The van der Waals surface area contributed by atoms with Gasteiger partial charge in [-0.3, -0.25) is 4.79 Å². The molecule has 1 N–H and O–H groups in total. The quantitative estimate of drug-likeness (QED) is 0.904. The van der Waals surface area contributed by atoms with Crippen LogP contribution in [-0.4, -0.2) is 12.5 Å². The van der Waals surface area contributed by atoms with Gasteiger partial charge in [0.15, 0.2) is 0 Å². The predicted molar refractivity (Wildman–Crippen MR) is 76.5 cm³/mol. The molecule has 0 aliphatic heterocycles. The number of hydrogen-bond donors (Lipinski definition) is 1. The van der Waals surface area contributed by atoms with Gasteiger partial charge in [0, 0.05) is 6.54 Å². The molecule has 2 aromatic rings. The van der Waals surface area contributed by atoms with E-state index in [-0.39, 0.29) is 21.8 Å². The Morgan fingerprint density at radius 2 is 1.80 bits per heavy atom. The predicted octanol–water partition coefficient (Wildman–Crippen LogP) is 3.70. The largest absolute Gasteiger partial charge is 0.352 e. The van der Waals surface area contributed by atoms with Crippen LogP contribution in [0, 0.1) is 11.6 Å². The third kappa shape index (κ3) is 3.63. The molecule has 0 heterocycles. The smallest absolute Gasteiger partial charge is 0.252 e.